The molecule has 7 nitrogen and oxygen atoms in total. The molecular formula is C22H27ClO7. The van der Waals surface area contributed by atoms with Gasteiger partial charge in [0.2, 0.25) is 5.79 Å². The molecule has 0 saturated carbocycles. The molecule has 1 fully saturated rings. The summed E-state index contributed by atoms with van der Waals surface area (Å²) >= 11 is 6.40. The van der Waals surface area contributed by atoms with E-state index < -0.39 is 36.8 Å². The van der Waals surface area contributed by atoms with Crippen molar-refractivity contribution < 1.29 is 34.6 Å². The molecule has 8 heteroatoms. The van der Waals surface area contributed by atoms with Crippen molar-refractivity contribution in [3.05, 3.63) is 64.2 Å². The molecule has 0 spiro atoms. The summed E-state index contributed by atoms with van der Waals surface area (Å²) in [5.74, 6) is -0.995. The van der Waals surface area contributed by atoms with Crippen LogP contribution in [0.1, 0.15) is 23.6 Å². The molecule has 1 aliphatic heterocycles. The van der Waals surface area contributed by atoms with E-state index in [2.05, 4.69) is 0 Å². The largest absolute Gasteiger partial charge is 0.494 e. The van der Waals surface area contributed by atoms with E-state index in [1.807, 2.05) is 31.2 Å². The zero-order valence-electron chi connectivity index (χ0n) is 16.9. The van der Waals surface area contributed by atoms with Crippen LogP contribution in [0.15, 0.2) is 42.5 Å². The Bertz CT molecular complexity index is 842. The predicted octanol–water partition coefficient (Wildman–Crippen LogP) is 1.60. The summed E-state index contributed by atoms with van der Waals surface area (Å²) in [6.07, 6.45) is -5.23. The fourth-order valence-electron chi connectivity index (χ4n) is 3.68. The lowest BCUT2D eigenvalue weighted by Crippen LogP contribution is -2.64. The van der Waals surface area contributed by atoms with E-state index in [9.17, 15) is 20.4 Å². The Morgan fingerprint density at radius 3 is 2.37 bits per heavy atom. The summed E-state index contributed by atoms with van der Waals surface area (Å²) in [7, 11) is 1.32. The molecule has 2 aromatic carbocycles. The van der Waals surface area contributed by atoms with Gasteiger partial charge in [-0.05, 0) is 48.7 Å². The lowest BCUT2D eigenvalue weighted by molar-refractivity contribution is -0.366. The minimum absolute atomic E-state index is 0.409. The number of aliphatic hydroxyl groups is 4. The monoisotopic (exact) mass is 438 g/mol. The standard InChI is InChI=1S/C22H27ClO7/c1-3-29-16-7-4-13(5-8-16)10-14-11-15(6-9-17(14)23)22(28-2)21(27)20(26)19(25)18(12-24)30-22/h4-9,11,18-21,24-27H,3,10,12H2,1-2H3/t18-,19-,20+,21-,22?/m0/s1. The second-order valence-corrected chi connectivity index (χ2v) is 7.60. The molecule has 164 valence electrons. The summed E-state index contributed by atoms with van der Waals surface area (Å²) in [6, 6.07) is 12.6. The normalized spacial score (nSPS) is 29.0. The fourth-order valence-corrected chi connectivity index (χ4v) is 3.87. The van der Waals surface area contributed by atoms with E-state index >= 15 is 0 Å². The Hall–Kier alpha value is -1.71. The van der Waals surface area contributed by atoms with Gasteiger partial charge in [0.25, 0.3) is 0 Å². The van der Waals surface area contributed by atoms with Crippen molar-refractivity contribution in [2.24, 2.45) is 0 Å². The van der Waals surface area contributed by atoms with E-state index in [1.165, 1.54) is 7.11 Å². The zero-order valence-corrected chi connectivity index (χ0v) is 17.6. The van der Waals surface area contributed by atoms with Gasteiger partial charge in [-0.2, -0.15) is 0 Å². The van der Waals surface area contributed by atoms with Crippen molar-refractivity contribution >= 4 is 11.6 Å². The second kappa shape index (κ2) is 9.62. The molecule has 5 atom stereocenters. The average molecular weight is 439 g/mol. The molecule has 0 bridgehead atoms. The maximum Gasteiger partial charge on any atom is 0.224 e. The number of halogens is 1. The van der Waals surface area contributed by atoms with Crippen LogP contribution in [0.2, 0.25) is 5.02 Å². The Kier molecular flexibility index (Phi) is 7.36. The second-order valence-electron chi connectivity index (χ2n) is 7.20. The zero-order chi connectivity index (χ0) is 21.9. The van der Waals surface area contributed by atoms with E-state index in [1.54, 1.807) is 18.2 Å². The SMILES string of the molecule is CCOc1ccc(Cc2cc(C3(OC)O[C@@H](CO)[C@H](O)[C@@H](O)[C@@H]3O)ccc2Cl)cc1. The number of hydrogen-bond acceptors (Lipinski definition) is 7. The maximum atomic E-state index is 10.7. The van der Waals surface area contributed by atoms with Crippen molar-refractivity contribution in [3.8, 4) is 5.75 Å². The van der Waals surface area contributed by atoms with Gasteiger partial charge in [-0.3, -0.25) is 0 Å². The quantitative estimate of drug-likeness (QED) is 0.520. The van der Waals surface area contributed by atoms with Gasteiger partial charge < -0.3 is 34.6 Å². The number of aliphatic hydroxyl groups excluding tert-OH is 4. The minimum atomic E-state index is -1.77. The van der Waals surface area contributed by atoms with Gasteiger partial charge in [-0.15, -0.1) is 0 Å². The van der Waals surface area contributed by atoms with Crippen LogP contribution in [0.3, 0.4) is 0 Å². The molecule has 1 unspecified atom stereocenters. The summed E-state index contributed by atoms with van der Waals surface area (Å²) in [5, 5.41) is 41.1. The number of benzene rings is 2. The topological polar surface area (TPSA) is 109 Å². The van der Waals surface area contributed by atoms with Gasteiger partial charge in [0.1, 0.15) is 30.2 Å². The molecule has 0 aliphatic carbocycles. The van der Waals surface area contributed by atoms with E-state index in [0.29, 0.717) is 23.6 Å². The van der Waals surface area contributed by atoms with Crippen LogP contribution in [-0.2, 0) is 21.7 Å². The third-order valence-corrected chi connectivity index (χ3v) is 5.70. The lowest BCUT2D eigenvalue weighted by atomic mass is 9.87. The molecule has 0 aromatic heterocycles. The lowest BCUT2D eigenvalue weighted by Gasteiger charge is -2.47. The van der Waals surface area contributed by atoms with Gasteiger partial charge in [0.05, 0.1) is 13.2 Å². The molecule has 0 radical (unpaired) electrons. The van der Waals surface area contributed by atoms with Gasteiger partial charge >= 0.3 is 0 Å². The number of rotatable bonds is 7. The van der Waals surface area contributed by atoms with Crippen LogP contribution in [-0.4, -0.2) is 65.2 Å². The first kappa shape index (κ1) is 23.0. The fraction of sp³-hybridized carbons (Fsp3) is 0.455. The molecular weight excluding hydrogens is 412 g/mol. The van der Waals surface area contributed by atoms with Crippen molar-refractivity contribution in [1.82, 2.24) is 0 Å². The summed E-state index contributed by atoms with van der Waals surface area (Å²) in [5.41, 5.74) is 2.16. The summed E-state index contributed by atoms with van der Waals surface area (Å²) in [6.45, 7) is 1.95. The van der Waals surface area contributed by atoms with Crippen LogP contribution < -0.4 is 4.74 Å². The van der Waals surface area contributed by atoms with E-state index in [-0.39, 0.29) is 0 Å². The van der Waals surface area contributed by atoms with E-state index in [4.69, 9.17) is 25.8 Å². The highest BCUT2D eigenvalue weighted by atomic mass is 35.5. The van der Waals surface area contributed by atoms with Crippen molar-refractivity contribution in [1.29, 1.82) is 0 Å². The van der Waals surface area contributed by atoms with Crippen LogP contribution in [0, 0.1) is 0 Å². The highest BCUT2D eigenvalue weighted by Crippen LogP contribution is 2.40. The number of hydrogen-bond donors (Lipinski definition) is 4. The first-order valence-electron chi connectivity index (χ1n) is 9.75. The molecule has 3 rings (SSSR count). The summed E-state index contributed by atoms with van der Waals surface area (Å²) < 4.78 is 16.7. The molecule has 30 heavy (non-hydrogen) atoms. The molecule has 4 N–H and O–H groups in total. The van der Waals surface area contributed by atoms with Crippen molar-refractivity contribution in [2.45, 2.75) is 43.5 Å². The van der Waals surface area contributed by atoms with Crippen LogP contribution in [0.25, 0.3) is 0 Å². The van der Waals surface area contributed by atoms with Gasteiger partial charge in [0.15, 0.2) is 0 Å². The predicted molar refractivity (Wildman–Crippen MR) is 111 cm³/mol. The van der Waals surface area contributed by atoms with Gasteiger partial charge in [-0.1, -0.05) is 29.8 Å². The molecule has 1 aliphatic rings. The van der Waals surface area contributed by atoms with Gasteiger partial charge in [-0.25, -0.2) is 0 Å². The number of ether oxygens (including phenoxy) is 3. The van der Waals surface area contributed by atoms with Crippen LogP contribution >= 0.6 is 11.6 Å². The Labute approximate surface area is 180 Å². The Morgan fingerprint density at radius 1 is 1.07 bits per heavy atom. The summed E-state index contributed by atoms with van der Waals surface area (Å²) in [4.78, 5) is 0. The Balaban J connectivity index is 1.94. The van der Waals surface area contributed by atoms with Crippen LogP contribution in [0.4, 0.5) is 0 Å². The first-order valence-corrected chi connectivity index (χ1v) is 10.1. The highest BCUT2D eigenvalue weighted by Gasteiger charge is 2.55. The first-order chi connectivity index (χ1) is 14.4. The maximum absolute atomic E-state index is 10.7. The van der Waals surface area contributed by atoms with Crippen LogP contribution in [0.5, 0.6) is 5.75 Å². The Morgan fingerprint density at radius 2 is 1.77 bits per heavy atom. The highest BCUT2D eigenvalue weighted by molar-refractivity contribution is 6.31. The third-order valence-electron chi connectivity index (χ3n) is 5.33. The van der Waals surface area contributed by atoms with Gasteiger partial charge in [0, 0.05) is 17.7 Å². The van der Waals surface area contributed by atoms with E-state index in [0.717, 1.165) is 16.9 Å². The molecule has 1 saturated heterocycles. The molecule has 1 heterocycles. The number of methoxy groups -OCH3 is 1. The third kappa shape index (κ3) is 4.33. The smallest absolute Gasteiger partial charge is 0.224 e. The average Bonchev–Trinajstić information content (AvgIpc) is 2.76. The molecule has 0 amide bonds. The minimum Gasteiger partial charge on any atom is -0.494 e. The van der Waals surface area contributed by atoms with Crippen molar-refractivity contribution in [2.75, 3.05) is 20.3 Å². The van der Waals surface area contributed by atoms with Crippen molar-refractivity contribution in [3.63, 3.8) is 0 Å². The molecule has 2 aromatic rings.